The molecule has 2 rings (SSSR count). The van der Waals surface area contributed by atoms with Gasteiger partial charge in [0.1, 0.15) is 5.75 Å². The maximum Gasteiger partial charge on any atom is 0.276 e. The molecule has 0 unspecified atom stereocenters. The first-order chi connectivity index (χ1) is 10.6. The Labute approximate surface area is 130 Å². The van der Waals surface area contributed by atoms with Crippen molar-refractivity contribution in [3.05, 3.63) is 60.2 Å². The standard InChI is InChI=1S/C16H18N2O3S/c1-2-12-21-15-10-8-14(9-11-15)13-17-18-22(19,20)16-6-4-3-5-7-16/h3-11,13,18H,2,12H2,1H3/b17-13-. The molecule has 0 aromatic heterocycles. The molecule has 0 saturated heterocycles. The number of hydrazone groups is 1. The molecule has 0 radical (unpaired) electrons. The Morgan fingerprint density at radius 1 is 1.09 bits per heavy atom. The van der Waals surface area contributed by atoms with Gasteiger partial charge in [-0.25, -0.2) is 4.83 Å². The first-order valence-electron chi connectivity index (χ1n) is 6.94. The van der Waals surface area contributed by atoms with Crippen LogP contribution < -0.4 is 9.57 Å². The van der Waals surface area contributed by atoms with Crippen LogP contribution in [-0.4, -0.2) is 21.2 Å². The highest BCUT2D eigenvalue weighted by Gasteiger charge is 2.10. The van der Waals surface area contributed by atoms with Crippen molar-refractivity contribution in [3.8, 4) is 5.75 Å². The van der Waals surface area contributed by atoms with Gasteiger partial charge in [-0.05, 0) is 48.4 Å². The third-order valence-corrected chi connectivity index (χ3v) is 4.03. The SMILES string of the molecule is CCCOc1ccc(/C=N\NS(=O)(=O)c2ccccc2)cc1. The molecule has 1 N–H and O–H groups in total. The third kappa shape index (κ3) is 4.60. The predicted octanol–water partition coefficient (Wildman–Crippen LogP) is 2.79. The summed E-state index contributed by atoms with van der Waals surface area (Å²) in [4.78, 5) is 2.36. The van der Waals surface area contributed by atoms with E-state index < -0.39 is 10.0 Å². The Balaban J connectivity index is 1.97. The van der Waals surface area contributed by atoms with Crippen molar-refractivity contribution in [2.75, 3.05) is 6.61 Å². The van der Waals surface area contributed by atoms with Crippen LogP contribution >= 0.6 is 0 Å². The van der Waals surface area contributed by atoms with Crippen LogP contribution in [0.5, 0.6) is 5.75 Å². The molecule has 0 aliphatic carbocycles. The van der Waals surface area contributed by atoms with E-state index in [-0.39, 0.29) is 4.90 Å². The lowest BCUT2D eigenvalue weighted by Crippen LogP contribution is -2.18. The van der Waals surface area contributed by atoms with Crippen molar-refractivity contribution in [1.82, 2.24) is 4.83 Å². The Morgan fingerprint density at radius 3 is 2.41 bits per heavy atom. The Hall–Kier alpha value is -2.34. The number of hydrogen-bond donors (Lipinski definition) is 1. The fourth-order valence-electron chi connectivity index (χ4n) is 1.69. The first kappa shape index (κ1) is 16.0. The van der Waals surface area contributed by atoms with Gasteiger partial charge in [-0.2, -0.15) is 13.5 Å². The van der Waals surface area contributed by atoms with Crippen LogP contribution in [0.15, 0.2) is 64.6 Å². The highest BCUT2D eigenvalue weighted by Crippen LogP contribution is 2.11. The van der Waals surface area contributed by atoms with E-state index in [0.29, 0.717) is 6.61 Å². The molecule has 0 fully saturated rings. The molecule has 0 bridgehead atoms. The van der Waals surface area contributed by atoms with Gasteiger partial charge in [0.2, 0.25) is 0 Å². The van der Waals surface area contributed by atoms with E-state index in [1.165, 1.54) is 18.3 Å². The monoisotopic (exact) mass is 318 g/mol. The Bertz CT molecular complexity index is 711. The smallest absolute Gasteiger partial charge is 0.276 e. The number of rotatable bonds is 7. The zero-order valence-electron chi connectivity index (χ0n) is 12.3. The number of nitrogens with zero attached hydrogens (tertiary/aromatic N) is 1. The number of hydrogen-bond acceptors (Lipinski definition) is 4. The molecule has 2 aromatic rings. The van der Waals surface area contributed by atoms with E-state index in [2.05, 4.69) is 9.93 Å². The second-order valence-corrected chi connectivity index (χ2v) is 6.24. The fourth-order valence-corrected chi connectivity index (χ4v) is 2.50. The van der Waals surface area contributed by atoms with E-state index in [4.69, 9.17) is 4.74 Å². The van der Waals surface area contributed by atoms with Crippen LogP contribution in [0, 0.1) is 0 Å². The largest absolute Gasteiger partial charge is 0.494 e. The normalized spacial score (nSPS) is 11.5. The van der Waals surface area contributed by atoms with Crippen LogP contribution in [-0.2, 0) is 10.0 Å². The molecule has 0 spiro atoms. The van der Waals surface area contributed by atoms with Crippen LogP contribution in [0.2, 0.25) is 0 Å². The summed E-state index contributed by atoms with van der Waals surface area (Å²) in [6.07, 6.45) is 2.40. The van der Waals surface area contributed by atoms with E-state index in [1.807, 2.05) is 31.2 Å². The fraction of sp³-hybridized carbons (Fsp3) is 0.188. The zero-order chi connectivity index (χ0) is 15.8. The minimum absolute atomic E-state index is 0.176. The van der Waals surface area contributed by atoms with Gasteiger partial charge >= 0.3 is 0 Å². The molecule has 0 heterocycles. The molecule has 22 heavy (non-hydrogen) atoms. The average Bonchev–Trinajstić information content (AvgIpc) is 2.55. The van der Waals surface area contributed by atoms with Gasteiger partial charge in [-0.15, -0.1) is 0 Å². The molecule has 6 heteroatoms. The van der Waals surface area contributed by atoms with Crippen molar-refractivity contribution in [2.45, 2.75) is 18.2 Å². The zero-order valence-corrected chi connectivity index (χ0v) is 13.1. The second kappa shape index (κ2) is 7.61. The highest BCUT2D eigenvalue weighted by molar-refractivity contribution is 7.89. The van der Waals surface area contributed by atoms with Crippen molar-refractivity contribution in [3.63, 3.8) is 0 Å². The van der Waals surface area contributed by atoms with Crippen LogP contribution in [0.1, 0.15) is 18.9 Å². The van der Waals surface area contributed by atoms with Gasteiger partial charge in [0.15, 0.2) is 0 Å². The maximum absolute atomic E-state index is 11.9. The van der Waals surface area contributed by atoms with Gasteiger partial charge in [0.25, 0.3) is 10.0 Å². The maximum atomic E-state index is 11.9. The summed E-state index contributed by atoms with van der Waals surface area (Å²) in [6, 6.07) is 15.4. The summed E-state index contributed by atoms with van der Waals surface area (Å²) >= 11 is 0. The average molecular weight is 318 g/mol. The number of sulfonamides is 1. The van der Waals surface area contributed by atoms with E-state index in [1.54, 1.807) is 18.2 Å². The molecular formula is C16H18N2O3S. The van der Waals surface area contributed by atoms with Gasteiger partial charge in [-0.3, -0.25) is 0 Å². The van der Waals surface area contributed by atoms with Gasteiger partial charge < -0.3 is 4.74 Å². The minimum atomic E-state index is -3.62. The third-order valence-electron chi connectivity index (χ3n) is 2.79. The molecular weight excluding hydrogens is 300 g/mol. The van der Waals surface area contributed by atoms with E-state index in [0.717, 1.165) is 17.7 Å². The summed E-state index contributed by atoms with van der Waals surface area (Å²) in [5, 5.41) is 3.78. The first-order valence-corrected chi connectivity index (χ1v) is 8.43. The number of benzene rings is 2. The molecule has 5 nitrogen and oxygen atoms in total. The van der Waals surface area contributed by atoms with E-state index in [9.17, 15) is 8.42 Å². The molecule has 0 saturated carbocycles. The van der Waals surface area contributed by atoms with Gasteiger partial charge in [0.05, 0.1) is 17.7 Å². The molecule has 0 aliphatic heterocycles. The van der Waals surface area contributed by atoms with Crippen molar-refractivity contribution in [1.29, 1.82) is 0 Å². The summed E-state index contributed by atoms with van der Waals surface area (Å²) in [5.74, 6) is 0.781. The molecule has 0 atom stereocenters. The van der Waals surface area contributed by atoms with Gasteiger partial charge in [-0.1, -0.05) is 25.1 Å². The lowest BCUT2D eigenvalue weighted by Gasteiger charge is -2.04. The lowest BCUT2D eigenvalue weighted by molar-refractivity contribution is 0.317. The Morgan fingerprint density at radius 2 is 1.77 bits per heavy atom. The summed E-state index contributed by atoms with van der Waals surface area (Å²) in [6.45, 7) is 2.71. The summed E-state index contributed by atoms with van der Waals surface area (Å²) in [5.41, 5.74) is 0.777. The molecule has 2 aromatic carbocycles. The Kier molecular flexibility index (Phi) is 5.55. The molecule has 0 aliphatic rings. The molecule has 116 valence electrons. The van der Waals surface area contributed by atoms with Crippen molar-refractivity contribution >= 4 is 16.2 Å². The minimum Gasteiger partial charge on any atom is -0.494 e. The van der Waals surface area contributed by atoms with Crippen molar-refractivity contribution in [2.24, 2.45) is 5.10 Å². The van der Waals surface area contributed by atoms with Crippen LogP contribution in [0.4, 0.5) is 0 Å². The summed E-state index contributed by atoms with van der Waals surface area (Å²) in [7, 11) is -3.62. The van der Waals surface area contributed by atoms with Gasteiger partial charge in [0, 0.05) is 0 Å². The summed E-state index contributed by atoms with van der Waals surface area (Å²) < 4.78 is 29.4. The second-order valence-electron chi connectivity index (χ2n) is 4.58. The van der Waals surface area contributed by atoms with Crippen molar-refractivity contribution < 1.29 is 13.2 Å². The topological polar surface area (TPSA) is 67.8 Å². The highest BCUT2D eigenvalue weighted by atomic mass is 32.2. The predicted molar refractivity (Wildman–Crippen MR) is 86.6 cm³/mol. The van der Waals surface area contributed by atoms with Crippen LogP contribution in [0.3, 0.4) is 0 Å². The number of nitrogens with one attached hydrogen (secondary N) is 1. The molecule has 0 amide bonds. The lowest BCUT2D eigenvalue weighted by atomic mass is 10.2. The quantitative estimate of drug-likeness (QED) is 0.630. The number of ether oxygens (including phenoxy) is 1. The van der Waals surface area contributed by atoms with Crippen LogP contribution in [0.25, 0.3) is 0 Å². The van der Waals surface area contributed by atoms with E-state index >= 15 is 0 Å².